The molecule has 2 rings (SSSR count). The number of rotatable bonds is 6. The molecule has 0 aliphatic rings. The number of nitrogens with one attached hydrogen (secondary N) is 2. The number of sulfonamides is 1. The van der Waals surface area contributed by atoms with Crippen LogP contribution >= 0.6 is 0 Å². The van der Waals surface area contributed by atoms with E-state index in [0.717, 1.165) is 17.2 Å². The predicted octanol–water partition coefficient (Wildman–Crippen LogP) is 2.89. The Morgan fingerprint density at radius 2 is 1.76 bits per heavy atom. The number of anilines is 1. The first kappa shape index (κ1) is 15.6. The smallest absolute Gasteiger partial charge is 0.240 e. The standard InChI is InChI=1S/C15H20N2O3S/c1-11(2)17-21(18,19)15-8-5-13(6-9-15)16-10-14-7-4-12(3)20-14/h4-9,11,16-17H,10H2,1-3H3. The highest BCUT2D eigenvalue weighted by atomic mass is 32.2. The number of hydrogen-bond donors (Lipinski definition) is 2. The fourth-order valence-electron chi connectivity index (χ4n) is 1.90. The van der Waals surface area contributed by atoms with Gasteiger partial charge in [0.1, 0.15) is 11.5 Å². The Balaban J connectivity index is 2.02. The topological polar surface area (TPSA) is 71.3 Å². The highest BCUT2D eigenvalue weighted by Crippen LogP contribution is 2.16. The van der Waals surface area contributed by atoms with Crippen molar-refractivity contribution in [1.29, 1.82) is 0 Å². The van der Waals surface area contributed by atoms with Gasteiger partial charge >= 0.3 is 0 Å². The van der Waals surface area contributed by atoms with Gasteiger partial charge in [-0.15, -0.1) is 0 Å². The third-order valence-electron chi connectivity index (χ3n) is 2.82. The molecule has 0 amide bonds. The third kappa shape index (κ3) is 4.34. The van der Waals surface area contributed by atoms with E-state index in [2.05, 4.69) is 10.0 Å². The van der Waals surface area contributed by atoms with E-state index in [9.17, 15) is 8.42 Å². The molecule has 0 bridgehead atoms. The molecule has 21 heavy (non-hydrogen) atoms. The molecule has 0 atom stereocenters. The molecule has 0 fully saturated rings. The summed E-state index contributed by atoms with van der Waals surface area (Å²) in [6.07, 6.45) is 0. The van der Waals surface area contributed by atoms with Gasteiger partial charge in [0.05, 0.1) is 11.4 Å². The molecule has 0 unspecified atom stereocenters. The molecule has 1 heterocycles. The second-order valence-corrected chi connectivity index (χ2v) is 6.88. The second-order valence-electron chi connectivity index (χ2n) is 5.17. The SMILES string of the molecule is Cc1ccc(CNc2ccc(S(=O)(=O)NC(C)C)cc2)o1. The van der Waals surface area contributed by atoms with Crippen molar-refractivity contribution in [3.63, 3.8) is 0 Å². The largest absolute Gasteiger partial charge is 0.465 e. The first-order chi connectivity index (χ1) is 9.87. The average Bonchev–Trinajstić information content (AvgIpc) is 2.81. The number of hydrogen-bond acceptors (Lipinski definition) is 4. The minimum atomic E-state index is -3.44. The molecule has 0 radical (unpaired) electrons. The van der Waals surface area contributed by atoms with E-state index in [1.165, 1.54) is 0 Å². The molecule has 0 saturated heterocycles. The van der Waals surface area contributed by atoms with Crippen LogP contribution in [0, 0.1) is 6.92 Å². The Morgan fingerprint density at radius 3 is 2.29 bits per heavy atom. The lowest BCUT2D eigenvalue weighted by atomic mass is 10.3. The van der Waals surface area contributed by atoms with Crippen molar-refractivity contribution in [2.75, 3.05) is 5.32 Å². The van der Waals surface area contributed by atoms with Crippen LogP contribution < -0.4 is 10.0 Å². The maximum Gasteiger partial charge on any atom is 0.240 e. The number of furan rings is 1. The highest BCUT2D eigenvalue weighted by molar-refractivity contribution is 7.89. The van der Waals surface area contributed by atoms with Gasteiger partial charge in [-0.05, 0) is 57.2 Å². The van der Waals surface area contributed by atoms with Crippen LogP contribution in [0.25, 0.3) is 0 Å². The van der Waals surface area contributed by atoms with E-state index in [1.54, 1.807) is 38.1 Å². The molecule has 1 aromatic heterocycles. The average molecular weight is 308 g/mol. The van der Waals surface area contributed by atoms with E-state index in [1.807, 2.05) is 19.1 Å². The summed E-state index contributed by atoms with van der Waals surface area (Å²) >= 11 is 0. The molecule has 2 N–H and O–H groups in total. The molecule has 2 aromatic rings. The maximum atomic E-state index is 12.0. The summed E-state index contributed by atoms with van der Waals surface area (Å²) < 4.78 is 32.0. The fourth-order valence-corrected chi connectivity index (χ4v) is 3.15. The predicted molar refractivity (Wildman–Crippen MR) is 82.7 cm³/mol. The van der Waals surface area contributed by atoms with Gasteiger partial charge in [-0.2, -0.15) is 0 Å². The van der Waals surface area contributed by atoms with Gasteiger partial charge in [0, 0.05) is 11.7 Å². The van der Waals surface area contributed by atoms with Crippen molar-refractivity contribution < 1.29 is 12.8 Å². The van der Waals surface area contributed by atoms with Crippen LogP contribution in [-0.4, -0.2) is 14.5 Å². The zero-order valence-electron chi connectivity index (χ0n) is 12.4. The first-order valence-corrected chi connectivity index (χ1v) is 8.27. The lowest BCUT2D eigenvalue weighted by molar-refractivity contribution is 0.490. The quantitative estimate of drug-likeness (QED) is 0.861. The van der Waals surface area contributed by atoms with E-state index >= 15 is 0 Å². The maximum absolute atomic E-state index is 12.0. The summed E-state index contributed by atoms with van der Waals surface area (Å²) in [5.41, 5.74) is 0.840. The Bertz CT molecular complexity index is 688. The Morgan fingerprint density at radius 1 is 1.10 bits per heavy atom. The summed E-state index contributed by atoms with van der Waals surface area (Å²) in [6.45, 7) is 6.03. The number of benzene rings is 1. The summed E-state index contributed by atoms with van der Waals surface area (Å²) in [5, 5.41) is 3.18. The van der Waals surface area contributed by atoms with Crippen LogP contribution in [0.2, 0.25) is 0 Å². The molecular formula is C15H20N2O3S. The van der Waals surface area contributed by atoms with Crippen LogP contribution in [0.3, 0.4) is 0 Å². The Labute approximate surface area is 125 Å². The van der Waals surface area contributed by atoms with Gasteiger partial charge in [-0.25, -0.2) is 13.1 Å². The van der Waals surface area contributed by atoms with Gasteiger partial charge in [-0.1, -0.05) is 0 Å². The van der Waals surface area contributed by atoms with Gasteiger partial charge < -0.3 is 9.73 Å². The van der Waals surface area contributed by atoms with E-state index in [0.29, 0.717) is 6.54 Å². The van der Waals surface area contributed by atoms with Crippen LogP contribution in [0.5, 0.6) is 0 Å². The summed E-state index contributed by atoms with van der Waals surface area (Å²) in [4.78, 5) is 0.260. The number of aryl methyl sites for hydroxylation is 1. The zero-order chi connectivity index (χ0) is 15.5. The van der Waals surface area contributed by atoms with Crippen molar-refractivity contribution in [2.45, 2.75) is 38.3 Å². The van der Waals surface area contributed by atoms with Gasteiger partial charge in [-0.3, -0.25) is 0 Å². The Kier molecular flexibility index (Phi) is 4.69. The van der Waals surface area contributed by atoms with Gasteiger partial charge in [0.15, 0.2) is 0 Å². The van der Waals surface area contributed by atoms with Gasteiger partial charge in [0.25, 0.3) is 0 Å². The first-order valence-electron chi connectivity index (χ1n) is 6.78. The minimum absolute atomic E-state index is 0.130. The molecule has 0 aliphatic heterocycles. The van der Waals surface area contributed by atoms with E-state index in [4.69, 9.17) is 4.42 Å². The van der Waals surface area contributed by atoms with Crippen molar-refractivity contribution >= 4 is 15.7 Å². The lowest BCUT2D eigenvalue weighted by Gasteiger charge is -2.10. The van der Waals surface area contributed by atoms with Crippen molar-refractivity contribution in [3.05, 3.63) is 47.9 Å². The summed E-state index contributed by atoms with van der Waals surface area (Å²) in [5.74, 6) is 1.71. The highest BCUT2D eigenvalue weighted by Gasteiger charge is 2.14. The normalized spacial score (nSPS) is 11.8. The Hall–Kier alpha value is -1.79. The molecule has 5 nitrogen and oxygen atoms in total. The summed E-state index contributed by atoms with van der Waals surface area (Å²) in [7, 11) is -3.44. The molecule has 1 aromatic carbocycles. The van der Waals surface area contributed by atoms with Gasteiger partial charge in [0.2, 0.25) is 10.0 Å². The van der Waals surface area contributed by atoms with E-state index in [-0.39, 0.29) is 10.9 Å². The molecular weight excluding hydrogens is 288 g/mol. The van der Waals surface area contributed by atoms with Crippen LogP contribution in [0.15, 0.2) is 45.7 Å². The molecule has 6 heteroatoms. The van der Waals surface area contributed by atoms with Crippen LogP contribution in [0.1, 0.15) is 25.4 Å². The van der Waals surface area contributed by atoms with Crippen LogP contribution in [0.4, 0.5) is 5.69 Å². The minimum Gasteiger partial charge on any atom is -0.465 e. The van der Waals surface area contributed by atoms with Crippen molar-refractivity contribution in [2.24, 2.45) is 0 Å². The fraction of sp³-hybridized carbons (Fsp3) is 0.333. The molecule has 0 saturated carbocycles. The molecule has 0 spiro atoms. The van der Waals surface area contributed by atoms with Crippen LogP contribution in [-0.2, 0) is 16.6 Å². The van der Waals surface area contributed by atoms with Crippen molar-refractivity contribution in [1.82, 2.24) is 4.72 Å². The lowest BCUT2D eigenvalue weighted by Crippen LogP contribution is -2.30. The second kappa shape index (κ2) is 6.32. The van der Waals surface area contributed by atoms with E-state index < -0.39 is 10.0 Å². The monoisotopic (exact) mass is 308 g/mol. The summed E-state index contributed by atoms with van der Waals surface area (Å²) in [6, 6.07) is 10.3. The molecule has 114 valence electrons. The molecule has 0 aliphatic carbocycles. The van der Waals surface area contributed by atoms with Crippen molar-refractivity contribution in [3.8, 4) is 0 Å². The zero-order valence-corrected chi connectivity index (χ0v) is 13.2. The third-order valence-corrected chi connectivity index (χ3v) is 4.49.